The van der Waals surface area contributed by atoms with Crippen molar-refractivity contribution in [2.45, 2.75) is 31.8 Å². The molecule has 1 saturated heterocycles. The van der Waals surface area contributed by atoms with E-state index in [-0.39, 0.29) is 0 Å². The SMILES string of the molecule is COc1ccc2c(CN3CCCCC3C(=O)O)cc3cc(OC)c(OC)cc3c2c1. The molecule has 1 unspecified atom stereocenters. The molecule has 1 aliphatic heterocycles. The highest BCUT2D eigenvalue weighted by Crippen LogP contribution is 2.39. The van der Waals surface area contributed by atoms with Gasteiger partial charge in [-0.3, -0.25) is 9.69 Å². The highest BCUT2D eigenvalue weighted by molar-refractivity contribution is 6.10. The largest absolute Gasteiger partial charge is 0.497 e. The third-order valence-corrected chi connectivity index (χ3v) is 6.02. The number of carboxylic acid groups (broad SMARTS) is 1. The van der Waals surface area contributed by atoms with Gasteiger partial charge in [0.25, 0.3) is 0 Å². The summed E-state index contributed by atoms with van der Waals surface area (Å²) in [5.74, 6) is 1.37. The first-order chi connectivity index (χ1) is 14.5. The number of likely N-dealkylation sites (tertiary alicyclic amines) is 1. The molecule has 30 heavy (non-hydrogen) atoms. The number of ether oxygens (including phenoxy) is 3. The lowest BCUT2D eigenvalue weighted by Gasteiger charge is -2.33. The molecule has 1 heterocycles. The van der Waals surface area contributed by atoms with Crippen molar-refractivity contribution in [3.63, 3.8) is 0 Å². The maximum absolute atomic E-state index is 11.8. The quantitative estimate of drug-likeness (QED) is 0.607. The van der Waals surface area contributed by atoms with Crippen LogP contribution in [0.15, 0.2) is 36.4 Å². The average Bonchev–Trinajstić information content (AvgIpc) is 2.78. The molecule has 6 nitrogen and oxygen atoms in total. The van der Waals surface area contributed by atoms with Crippen LogP contribution in [0.3, 0.4) is 0 Å². The number of carboxylic acids is 1. The molecule has 1 N–H and O–H groups in total. The van der Waals surface area contributed by atoms with Crippen molar-refractivity contribution in [3.8, 4) is 17.2 Å². The Labute approximate surface area is 175 Å². The van der Waals surface area contributed by atoms with E-state index in [2.05, 4.69) is 17.0 Å². The molecule has 1 aliphatic rings. The van der Waals surface area contributed by atoms with Crippen LogP contribution >= 0.6 is 0 Å². The maximum atomic E-state index is 11.8. The molecule has 158 valence electrons. The lowest BCUT2D eigenvalue weighted by Crippen LogP contribution is -2.44. The van der Waals surface area contributed by atoms with Crippen LogP contribution in [0.1, 0.15) is 24.8 Å². The third-order valence-electron chi connectivity index (χ3n) is 6.02. The molecule has 3 aromatic carbocycles. The number of methoxy groups -OCH3 is 3. The van der Waals surface area contributed by atoms with E-state index in [1.807, 2.05) is 24.3 Å². The summed E-state index contributed by atoms with van der Waals surface area (Å²) in [6.45, 7) is 1.38. The lowest BCUT2D eigenvalue weighted by molar-refractivity contribution is -0.144. The van der Waals surface area contributed by atoms with Gasteiger partial charge in [-0.1, -0.05) is 12.5 Å². The van der Waals surface area contributed by atoms with Crippen LogP contribution in [0, 0.1) is 0 Å². The number of hydrogen-bond donors (Lipinski definition) is 1. The van der Waals surface area contributed by atoms with Crippen LogP contribution in [-0.4, -0.2) is 49.9 Å². The Morgan fingerprint density at radius 2 is 1.73 bits per heavy atom. The first-order valence-corrected chi connectivity index (χ1v) is 10.2. The van der Waals surface area contributed by atoms with Gasteiger partial charge in [0.1, 0.15) is 11.8 Å². The molecule has 0 amide bonds. The Hall–Kier alpha value is -2.99. The van der Waals surface area contributed by atoms with Crippen molar-refractivity contribution in [2.24, 2.45) is 0 Å². The van der Waals surface area contributed by atoms with Crippen LogP contribution in [-0.2, 0) is 11.3 Å². The van der Waals surface area contributed by atoms with Crippen molar-refractivity contribution < 1.29 is 24.1 Å². The van der Waals surface area contributed by atoms with Crippen molar-refractivity contribution >= 4 is 27.5 Å². The molecule has 0 bridgehead atoms. The number of rotatable bonds is 6. The Morgan fingerprint density at radius 3 is 2.43 bits per heavy atom. The smallest absolute Gasteiger partial charge is 0.320 e. The van der Waals surface area contributed by atoms with Gasteiger partial charge in [0.15, 0.2) is 11.5 Å². The van der Waals surface area contributed by atoms with Gasteiger partial charge in [-0.15, -0.1) is 0 Å². The van der Waals surface area contributed by atoms with Gasteiger partial charge in [-0.05, 0) is 76.8 Å². The van der Waals surface area contributed by atoms with Crippen LogP contribution in [0.2, 0.25) is 0 Å². The third kappa shape index (κ3) is 3.63. The van der Waals surface area contributed by atoms with E-state index in [4.69, 9.17) is 14.2 Å². The van der Waals surface area contributed by atoms with Gasteiger partial charge in [0, 0.05) is 6.54 Å². The number of carbonyl (C=O) groups is 1. The summed E-state index contributed by atoms with van der Waals surface area (Å²) in [6, 6.07) is 11.7. The fourth-order valence-electron chi connectivity index (χ4n) is 4.48. The van der Waals surface area contributed by atoms with Crippen LogP contribution in [0.25, 0.3) is 21.5 Å². The molecule has 4 rings (SSSR count). The van der Waals surface area contributed by atoms with Crippen molar-refractivity contribution in [2.75, 3.05) is 27.9 Å². The second kappa shape index (κ2) is 8.40. The average molecular weight is 409 g/mol. The molecule has 0 radical (unpaired) electrons. The number of benzene rings is 3. The number of nitrogens with zero attached hydrogens (tertiary/aromatic N) is 1. The molecule has 0 spiro atoms. The van der Waals surface area contributed by atoms with E-state index in [1.54, 1.807) is 21.3 Å². The van der Waals surface area contributed by atoms with E-state index in [0.29, 0.717) is 24.5 Å². The first kappa shape index (κ1) is 20.3. The zero-order valence-corrected chi connectivity index (χ0v) is 17.6. The summed E-state index contributed by atoms with van der Waals surface area (Å²) in [7, 11) is 4.91. The van der Waals surface area contributed by atoms with E-state index in [0.717, 1.165) is 52.2 Å². The van der Waals surface area contributed by atoms with Gasteiger partial charge >= 0.3 is 5.97 Å². The van der Waals surface area contributed by atoms with Gasteiger partial charge in [0.05, 0.1) is 21.3 Å². The molecule has 1 atom stereocenters. The van der Waals surface area contributed by atoms with Crippen molar-refractivity contribution in [1.29, 1.82) is 0 Å². The minimum Gasteiger partial charge on any atom is -0.497 e. The molecule has 0 aromatic heterocycles. The second-order valence-electron chi connectivity index (χ2n) is 7.70. The van der Waals surface area contributed by atoms with Crippen molar-refractivity contribution in [3.05, 3.63) is 42.0 Å². The van der Waals surface area contributed by atoms with E-state index in [1.165, 1.54) is 0 Å². The minimum atomic E-state index is -0.743. The summed E-state index contributed by atoms with van der Waals surface area (Å²) in [6.07, 6.45) is 2.67. The standard InChI is InChI=1S/C24H27NO5/c1-28-17-7-8-18-16(14-25-9-5-4-6-21(25)24(26)27)10-15-11-22(29-2)23(30-3)13-19(15)20(18)12-17/h7-8,10-13,21H,4-6,9,14H2,1-3H3,(H,26,27). The minimum absolute atomic E-state index is 0.437. The predicted molar refractivity (Wildman–Crippen MR) is 117 cm³/mol. The van der Waals surface area contributed by atoms with E-state index < -0.39 is 12.0 Å². The van der Waals surface area contributed by atoms with E-state index >= 15 is 0 Å². The highest BCUT2D eigenvalue weighted by Gasteiger charge is 2.28. The number of piperidine rings is 1. The number of aliphatic carboxylic acids is 1. The fraction of sp³-hybridized carbons (Fsp3) is 0.375. The lowest BCUT2D eigenvalue weighted by atomic mass is 9.94. The molecule has 0 saturated carbocycles. The summed E-state index contributed by atoms with van der Waals surface area (Å²) in [4.78, 5) is 13.9. The fourth-order valence-corrected chi connectivity index (χ4v) is 4.48. The zero-order valence-electron chi connectivity index (χ0n) is 17.6. The Balaban J connectivity index is 1.90. The first-order valence-electron chi connectivity index (χ1n) is 10.2. The van der Waals surface area contributed by atoms with E-state index in [9.17, 15) is 9.90 Å². The molecule has 3 aromatic rings. The zero-order chi connectivity index (χ0) is 21.3. The maximum Gasteiger partial charge on any atom is 0.320 e. The van der Waals surface area contributed by atoms with Gasteiger partial charge in [-0.25, -0.2) is 0 Å². The second-order valence-corrected chi connectivity index (χ2v) is 7.70. The molecule has 0 aliphatic carbocycles. The molecule has 6 heteroatoms. The Morgan fingerprint density at radius 1 is 0.967 bits per heavy atom. The Bertz CT molecular complexity index is 1090. The van der Waals surface area contributed by atoms with Crippen LogP contribution in [0.5, 0.6) is 17.2 Å². The number of hydrogen-bond acceptors (Lipinski definition) is 5. The molecule has 1 fully saturated rings. The van der Waals surface area contributed by atoms with Gasteiger partial charge in [-0.2, -0.15) is 0 Å². The van der Waals surface area contributed by atoms with Crippen molar-refractivity contribution in [1.82, 2.24) is 4.90 Å². The predicted octanol–water partition coefficient (Wildman–Crippen LogP) is 4.46. The summed E-state index contributed by atoms with van der Waals surface area (Å²) < 4.78 is 16.5. The van der Waals surface area contributed by atoms with Gasteiger partial charge in [0.2, 0.25) is 0 Å². The highest BCUT2D eigenvalue weighted by atomic mass is 16.5. The summed E-state index contributed by atoms with van der Waals surface area (Å²) in [5.41, 5.74) is 1.10. The van der Waals surface area contributed by atoms with Crippen LogP contribution in [0.4, 0.5) is 0 Å². The molecular weight excluding hydrogens is 382 g/mol. The molecular formula is C24H27NO5. The van der Waals surface area contributed by atoms with Gasteiger partial charge < -0.3 is 19.3 Å². The Kier molecular flexibility index (Phi) is 5.68. The number of fused-ring (bicyclic) bond motifs is 3. The normalized spacial score (nSPS) is 17.2. The monoisotopic (exact) mass is 409 g/mol. The van der Waals surface area contributed by atoms with Crippen LogP contribution < -0.4 is 14.2 Å². The summed E-state index contributed by atoms with van der Waals surface area (Å²) >= 11 is 0. The topological polar surface area (TPSA) is 68.2 Å². The summed E-state index contributed by atoms with van der Waals surface area (Å²) in [5, 5.41) is 13.9.